The van der Waals surface area contributed by atoms with Crippen LogP contribution in [0.25, 0.3) is 16.6 Å². The maximum absolute atomic E-state index is 13.0. The third-order valence-corrected chi connectivity index (χ3v) is 6.43. The predicted molar refractivity (Wildman–Crippen MR) is 120 cm³/mol. The number of thiophene rings is 1. The van der Waals surface area contributed by atoms with Crippen molar-refractivity contribution in [1.29, 1.82) is 0 Å². The van der Waals surface area contributed by atoms with Crippen LogP contribution in [0.3, 0.4) is 0 Å². The standard InChI is InChI=1S/C20H12ClF3N4O2S2/c21-15-4-6-17(31-15)32-27-19(30)26-13-3-5-16(25-10-13)28-8-7-11-1-2-12(20(22,23)24)9-14(11)18(28)29/h1-10H,(H2,26,27,30). The first-order chi connectivity index (χ1) is 15.2. The van der Waals surface area contributed by atoms with Gasteiger partial charge in [-0.3, -0.25) is 14.1 Å². The lowest BCUT2D eigenvalue weighted by molar-refractivity contribution is -0.137. The second kappa shape index (κ2) is 8.85. The number of nitrogens with zero attached hydrogens (tertiary/aromatic N) is 2. The van der Waals surface area contributed by atoms with E-state index in [4.69, 9.17) is 11.6 Å². The zero-order valence-corrected chi connectivity index (χ0v) is 18.2. The van der Waals surface area contributed by atoms with Crippen LogP contribution < -0.4 is 15.6 Å². The Morgan fingerprint density at radius 3 is 2.59 bits per heavy atom. The first-order valence-corrected chi connectivity index (χ1v) is 10.9. The molecule has 2 amide bonds. The van der Waals surface area contributed by atoms with Gasteiger partial charge in [0, 0.05) is 11.6 Å². The number of nitrogens with one attached hydrogen (secondary N) is 2. The first kappa shape index (κ1) is 22.2. The molecule has 0 aliphatic carbocycles. The van der Waals surface area contributed by atoms with Crippen molar-refractivity contribution in [2.45, 2.75) is 10.4 Å². The van der Waals surface area contributed by atoms with Crippen LogP contribution in [-0.2, 0) is 6.18 Å². The van der Waals surface area contributed by atoms with E-state index in [9.17, 15) is 22.8 Å². The topological polar surface area (TPSA) is 76.0 Å². The highest BCUT2D eigenvalue weighted by Gasteiger charge is 2.30. The Kier molecular flexibility index (Phi) is 6.13. The van der Waals surface area contributed by atoms with Crippen LogP contribution in [0.5, 0.6) is 0 Å². The summed E-state index contributed by atoms with van der Waals surface area (Å²) in [7, 11) is 0. The van der Waals surface area contributed by atoms with Gasteiger partial charge in [-0.15, -0.1) is 11.3 Å². The lowest BCUT2D eigenvalue weighted by Gasteiger charge is -2.10. The van der Waals surface area contributed by atoms with Gasteiger partial charge in [-0.05, 0) is 59.8 Å². The van der Waals surface area contributed by atoms with Crippen molar-refractivity contribution in [3.05, 3.63) is 81.2 Å². The molecular formula is C20H12ClF3N4O2S2. The fourth-order valence-electron chi connectivity index (χ4n) is 2.80. The second-order valence-corrected chi connectivity index (χ2v) is 9.23. The van der Waals surface area contributed by atoms with Crippen LogP contribution in [0.4, 0.5) is 23.7 Å². The van der Waals surface area contributed by atoms with Crippen LogP contribution in [0, 0.1) is 0 Å². The predicted octanol–water partition coefficient (Wildman–Crippen LogP) is 5.95. The molecule has 0 radical (unpaired) electrons. The molecule has 3 heterocycles. The number of fused-ring (bicyclic) bond motifs is 1. The van der Waals surface area contributed by atoms with E-state index in [-0.39, 0.29) is 11.2 Å². The SMILES string of the molecule is O=C(NSc1ccc(Cl)s1)Nc1ccc(-n2ccc3ccc(C(F)(F)F)cc3c2=O)nc1. The Labute approximate surface area is 192 Å². The number of carbonyl (C=O) groups is 1. The normalized spacial score (nSPS) is 11.5. The minimum absolute atomic E-state index is 0.0728. The quantitative estimate of drug-likeness (QED) is 0.342. The van der Waals surface area contributed by atoms with Gasteiger partial charge in [0.1, 0.15) is 5.82 Å². The Morgan fingerprint density at radius 1 is 1.12 bits per heavy atom. The van der Waals surface area contributed by atoms with Crippen LogP contribution in [0.15, 0.2) is 69.9 Å². The van der Waals surface area contributed by atoms with Gasteiger partial charge < -0.3 is 5.32 Å². The van der Waals surface area contributed by atoms with Gasteiger partial charge in [0.2, 0.25) is 0 Å². The number of hydrogen-bond donors (Lipinski definition) is 2. The third kappa shape index (κ3) is 4.90. The van der Waals surface area contributed by atoms with E-state index in [1.54, 1.807) is 12.1 Å². The molecule has 0 fully saturated rings. The summed E-state index contributed by atoms with van der Waals surface area (Å²) in [6.45, 7) is 0. The van der Waals surface area contributed by atoms with Crippen molar-refractivity contribution in [1.82, 2.24) is 14.3 Å². The molecule has 3 aromatic heterocycles. The number of anilines is 1. The molecule has 0 spiro atoms. The zero-order valence-electron chi connectivity index (χ0n) is 15.8. The first-order valence-electron chi connectivity index (χ1n) is 8.89. The molecule has 12 heteroatoms. The Balaban J connectivity index is 1.51. The van der Waals surface area contributed by atoms with Crippen molar-refractivity contribution in [2.75, 3.05) is 5.32 Å². The maximum atomic E-state index is 13.0. The number of urea groups is 1. The van der Waals surface area contributed by atoms with E-state index in [1.165, 1.54) is 48.0 Å². The van der Waals surface area contributed by atoms with E-state index in [1.807, 2.05) is 0 Å². The zero-order chi connectivity index (χ0) is 22.9. The highest BCUT2D eigenvalue weighted by molar-refractivity contribution is 7.99. The van der Waals surface area contributed by atoms with Crippen molar-refractivity contribution >= 4 is 57.4 Å². The van der Waals surface area contributed by atoms with Gasteiger partial charge in [0.05, 0.1) is 26.0 Å². The molecule has 4 aromatic rings. The van der Waals surface area contributed by atoms with Crippen molar-refractivity contribution in [3.63, 3.8) is 0 Å². The number of hydrogen-bond acceptors (Lipinski definition) is 5. The fraction of sp³-hybridized carbons (Fsp3) is 0.0500. The van der Waals surface area contributed by atoms with Gasteiger partial charge in [-0.25, -0.2) is 9.78 Å². The number of benzene rings is 1. The second-order valence-electron chi connectivity index (χ2n) is 6.41. The molecule has 0 saturated heterocycles. The molecule has 1 aromatic carbocycles. The van der Waals surface area contributed by atoms with Crippen molar-refractivity contribution in [3.8, 4) is 5.82 Å². The lowest BCUT2D eigenvalue weighted by Crippen LogP contribution is -2.23. The molecule has 164 valence electrons. The summed E-state index contributed by atoms with van der Waals surface area (Å²) in [5.74, 6) is 0.197. The van der Waals surface area contributed by atoms with E-state index in [0.29, 0.717) is 15.4 Å². The summed E-state index contributed by atoms with van der Waals surface area (Å²) in [5.41, 5.74) is -1.17. The Bertz CT molecular complexity index is 1350. The van der Waals surface area contributed by atoms with Crippen LogP contribution in [-0.4, -0.2) is 15.6 Å². The van der Waals surface area contributed by atoms with Gasteiger partial charge in [0.15, 0.2) is 0 Å². The van der Waals surface area contributed by atoms with Gasteiger partial charge in [0.25, 0.3) is 5.56 Å². The smallest absolute Gasteiger partial charge is 0.306 e. The van der Waals surface area contributed by atoms with Crippen LogP contribution in [0.1, 0.15) is 5.56 Å². The summed E-state index contributed by atoms with van der Waals surface area (Å²) in [6.07, 6.45) is -1.78. The van der Waals surface area contributed by atoms with Crippen molar-refractivity contribution in [2.24, 2.45) is 0 Å². The number of aromatic nitrogens is 2. The van der Waals surface area contributed by atoms with Gasteiger partial charge >= 0.3 is 12.2 Å². The number of rotatable bonds is 4. The Hall–Kier alpha value is -3.02. The van der Waals surface area contributed by atoms with Crippen LogP contribution in [0.2, 0.25) is 4.34 Å². The molecule has 0 saturated carbocycles. The molecule has 0 aliphatic heterocycles. The third-order valence-electron chi connectivity index (χ3n) is 4.28. The summed E-state index contributed by atoms with van der Waals surface area (Å²) >= 11 is 8.26. The number of pyridine rings is 2. The highest BCUT2D eigenvalue weighted by Crippen LogP contribution is 2.31. The number of alkyl halides is 3. The molecule has 32 heavy (non-hydrogen) atoms. The number of halogens is 4. The molecule has 0 atom stereocenters. The monoisotopic (exact) mass is 496 g/mol. The van der Waals surface area contributed by atoms with Gasteiger partial charge in [-0.2, -0.15) is 13.2 Å². The molecule has 2 N–H and O–H groups in total. The van der Waals surface area contributed by atoms with E-state index in [2.05, 4.69) is 15.0 Å². The summed E-state index contributed by atoms with van der Waals surface area (Å²) in [4.78, 5) is 28.9. The Morgan fingerprint density at radius 2 is 1.94 bits per heavy atom. The number of carbonyl (C=O) groups excluding carboxylic acids is 1. The average Bonchev–Trinajstić information content (AvgIpc) is 3.18. The van der Waals surface area contributed by atoms with Gasteiger partial charge in [-0.1, -0.05) is 17.7 Å². The minimum atomic E-state index is -4.55. The molecular weight excluding hydrogens is 485 g/mol. The largest absolute Gasteiger partial charge is 0.416 e. The summed E-state index contributed by atoms with van der Waals surface area (Å²) in [6, 6.07) is 10.5. The molecule has 0 bridgehead atoms. The fourth-order valence-corrected chi connectivity index (χ4v) is 4.66. The van der Waals surface area contributed by atoms with E-state index < -0.39 is 23.3 Å². The average molecular weight is 497 g/mol. The molecule has 0 unspecified atom stereocenters. The van der Waals surface area contributed by atoms with E-state index >= 15 is 0 Å². The highest BCUT2D eigenvalue weighted by atomic mass is 35.5. The van der Waals surface area contributed by atoms with Crippen LogP contribution >= 0.6 is 34.9 Å². The summed E-state index contributed by atoms with van der Waals surface area (Å²) < 4.78 is 44.2. The summed E-state index contributed by atoms with van der Waals surface area (Å²) in [5, 5.41) is 2.91. The minimum Gasteiger partial charge on any atom is -0.306 e. The molecule has 6 nitrogen and oxygen atoms in total. The van der Waals surface area contributed by atoms with Crippen molar-refractivity contribution < 1.29 is 18.0 Å². The molecule has 0 aliphatic rings. The molecule has 4 rings (SSSR count). The number of amides is 2. The lowest BCUT2D eigenvalue weighted by atomic mass is 10.1. The van der Waals surface area contributed by atoms with E-state index in [0.717, 1.165) is 32.9 Å². The maximum Gasteiger partial charge on any atom is 0.416 e.